The minimum atomic E-state index is -0.206. The Balaban J connectivity index is 1.19. The molecule has 5 atom stereocenters. The highest BCUT2D eigenvalue weighted by Gasteiger charge is 2.67. The largest absolute Gasteiger partial charge is 0.508 e. The Morgan fingerprint density at radius 3 is 2.71 bits per heavy atom. The molecule has 2 aliphatic heterocycles. The molecule has 2 aliphatic carbocycles. The number of ether oxygens (including phenoxy) is 2. The molecular formula is C39H54N2O4. The molecule has 1 amide bonds. The van der Waals surface area contributed by atoms with Crippen LogP contribution in [-0.4, -0.2) is 65.7 Å². The zero-order valence-electron chi connectivity index (χ0n) is 27.6. The Hall–Kier alpha value is -2.99. The molecule has 2 fully saturated rings. The van der Waals surface area contributed by atoms with Crippen LogP contribution in [-0.2, 0) is 23.1 Å². The number of rotatable bonds is 16. The molecule has 2 bridgehead atoms. The van der Waals surface area contributed by atoms with E-state index in [1.807, 2.05) is 6.08 Å². The number of nitrogens with zero attached hydrogens (tertiary/aromatic N) is 2. The fraction of sp³-hybridized carbons (Fsp3) is 0.615. The maximum Gasteiger partial charge on any atom is 0.222 e. The van der Waals surface area contributed by atoms with Crippen molar-refractivity contribution in [3.8, 4) is 17.2 Å². The van der Waals surface area contributed by atoms with Crippen molar-refractivity contribution in [3.05, 3.63) is 65.7 Å². The van der Waals surface area contributed by atoms with E-state index in [9.17, 15) is 9.90 Å². The summed E-state index contributed by atoms with van der Waals surface area (Å²) < 4.78 is 12.8. The fourth-order valence-corrected chi connectivity index (χ4v) is 9.45. The lowest BCUT2D eigenvalue weighted by Gasteiger charge is -2.60. The molecule has 2 heterocycles. The monoisotopic (exact) mass is 614 g/mol. The number of aryl methyl sites for hydroxylation is 1. The lowest BCUT2D eigenvalue weighted by molar-refractivity contribution is -0.142. The van der Waals surface area contributed by atoms with Crippen molar-refractivity contribution in [1.29, 1.82) is 0 Å². The summed E-state index contributed by atoms with van der Waals surface area (Å²) in [7, 11) is 1.66. The molecule has 2 aromatic rings. The van der Waals surface area contributed by atoms with Gasteiger partial charge in [0.2, 0.25) is 5.91 Å². The highest BCUT2D eigenvalue weighted by atomic mass is 16.5. The first-order valence-electron chi connectivity index (χ1n) is 17.8. The summed E-state index contributed by atoms with van der Waals surface area (Å²) in [5.41, 5.74) is 3.42. The minimum Gasteiger partial charge on any atom is -0.508 e. The summed E-state index contributed by atoms with van der Waals surface area (Å²) in [4.78, 5) is 18.9. The molecule has 0 unspecified atom stereocenters. The Morgan fingerprint density at radius 1 is 1.13 bits per heavy atom. The number of piperidine rings is 1. The van der Waals surface area contributed by atoms with Gasteiger partial charge in [-0.25, -0.2) is 0 Å². The van der Waals surface area contributed by atoms with E-state index in [4.69, 9.17) is 9.47 Å². The average Bonchev–Trinajstić information content (AvgIpc) is 3.40. The van der Waals surface area contributed by atoms with E-state index in [0.29, 0.717) is 35.8 Å². The number of carbonyl (C=O) groups is 1. The number of benzene rings is 2. The predicted octanol–water partition coefficient (Wildman–Crippen LogP) is 7.60. The summed E-state index contributed by atoms with van der Waals surface area (Å²) >= 11 is 0. The van der Waals surface area contributed by atoms with Crippen molar-refractivity contribution in [2.24, 2.45) is 5.92 Å². The van der Waals surface area contributed by atoms with Gasteiger partial charge in [-0.2, -0.15) is 0 Å². The summed E-state index contributed by atoms with van der Waals surface area (Å²) in [6.45, 7) is 8.91. The second-order valence-electron chi connectivity index (χ2n) is 14.0. The summed E-state index contributed by atoms with van der Waals surface area (Å²) in [6, 6.07) is 12.9. The molecule has 6 nitrogen and oxygen atoms in total. The highest BCUT2D eigenvalue weighted by Crippen LogP contribution is 2.65. The topological polar surface area (TPSA) is 62.2 Å². The van der Waals surface area contributed by atoms with Crippen LogP contribution in [0.2, 0.25) is 0 Å². The summed E-state index contributed by atoms with van der Waals surface area (Å²) in [6.07, 6.45) is 16.4. The Labute approximate surface area is 270 Å². The smallest absolute Gasteiger partial charge is 0.222 e. The molecular weight excluding hydrogens is 560 g/mol. The van der Waals surface area contributed by atoms with Crippen molar-refractivity contribution in [1.82, 2.24) is 9.80 Å². The molecule has 244 valence electrons. The summed E-state index contributed by atoms with van der Waals surface area (Å²) in [5.74, 6) is 2.48. The van der Waals surface area contributed by atoms with Crippen LogP contribution in [0.4, 0.5) is 0 Å². The normalized spacial score (nSPS) is 26.2. The van der Waals surface area contributed by atoms with Gasteiger partial charge < -0.3 is 19.5 Å². The molecule has 1 N–H and O–H groups in total. The van der Waals surface area contributed by atoms with E-state index in [0.717, 1.165) is 95.2 Å². The predicted molar refractivity (Wildman–Crippen MR) is 180 cm³/mol. The standard InChI is InChI=1S/C39H54N2O4/c1-4-6-15-24-41(35(43)19-14-9-7-8-11-16-28-17-12-10-13-18-28)31-21-20-30-32-26-29-33(42)27-34(44-3)37-36(29)39(30,38(31)45-37)22-25-40(32)23-5-2/h5,10,12-13,17-18,27,30-32,38,42H,2,4,6-9,11,14-16,19-26H2,1,3H3/t30-,31+,32+,38-,39-/m0/s1. The molecule has 45 heavy (non-hydrogen) atoms. The van der Waals surface area contributed by atoms with Crippen LogP contribution in [0, 0.1) is 5.92 Å². The van der Waals surface area contributed by atoms with Gasteiger partial charge in [-0.1, -0.05) is 75.4 Å². The third-order valence-corrected chi connectivity index (χ3v) is 11.5. The second-order valence-corrected chi connectivity index (χ2v) is 14.0. The van der Waals surface area contributed by atoms with Gasteiger partial charge in [-0.15, -0.1) is 6.58 Å². The number of aromatic hydroxyl groups is 1. The number of carbonyl (C=O) groups excluding carboxylic acids is 1. The number of phenolic OH excluding ortho intramolecular Hbond substituents is 1. The van der Waals surface area contributed by atoms with Crippen LogP contribution in [0.1, 0.15) is 101 Å². The van der Waals surface area contributed by atoms with Gasteiger partial charge in [0.15, 0.2) is 11.5 Å². The maximum absolute atomic E-state index is 14.1. The number of hydrogen-bond donors (Lipinski definition) is 1. The van der Waals surface area contributed by atoms with E-state index >= 15 is 0 Å². The van der Waals surface area contributed by atoms with Gasteiger partial charge in [-0.3, -0.25) is 9.69 Å². The van der Waals surface area contributed by atoms with Crippen LogP contribution in [0.25, 0.3) is 0 Å². The van der Waals surface area contributed by atoms with Crippen LogP contribution in [0.5, 0.6) is 17.2 Å². The average molecular weight is 615 g/mol. The first-order chi connectivity index (χ1) is 22.0. The summed E-state index contributed by atoms with van der Waals surface area (Å²) in [5, 5.41) is 11.3. The maximum atomic E-state index is 14.1. The van der Waals surface area contributed by atoms with Crippen molar-refractivity contribution in [3.63, 3.8) is 0 Å². The zero-order chi connectivity index (χ0) is 31.4. The molecule has 6 heteroatoms. The molecule has 1 spiro atoms. The number of phenols is 1. The number of likely N-dealkylation sites (tertiary alicyclic amines) is 1. The van der Waals surface area contributed by atoms with Gasteiger partial charge in [-0.05, 0) is 69.4 Å². The number of amides is 1. The van der Waals surface area contributed by atoms with E-state index in [1.165, 1.54) is 30.4 Å². The van der Waals surface area contributed by atoms with E-state index in [-0.39, 0.29) is 17.6 Å². The Kier molecular flexibility index (Phi) is 10.1. The van der Waals surface area contributed by atoms with Crippen LogP contribution < -0.4 is 9.47 Å². The van der Waals surface area contributed by atoms with Gasteiger partial charge in [0.05, 0.1) is 13.2 Å². The van der Waals surface area contributed by atoms with Crippen molar-refractivity contribution in [2.75, 3.05) is 26.7 Å². The minimum absolute atomic E-state index is 0.0354. The first kappa shape index (κ1) is 32.0. The second kappa shape index (κ2) is 14.2. The van der Waals surface area contributed by atoms with Gasteiger partial charge in [0.25, 0.3) is 0 Å². The third-order valence-electron chi connectivity index (χ3n) is 11.5. The van der Waals surface area contributed by atoms with Crippen molar-refractivity contribution >= 4 is 5.91 Å². The van der Waals surface area contributed by atoms with E-state index in [1.54, 1.807) is 13.2 Å². The molecule has 0 aromatic heterocycles. The van der Waals surface area contributed by atoms with E-state index in [2.05, 4.69) is 53.6 Å². The van der Waals surface area contributed by atoms with Crippen LogP contribution in [0.15, 0.2) is 49.1 Å². The third kappa shape index (κ3) is 6.00. The highest BCUT2D eigenvalue weighted by molar-refractivity contribution is 5.77. The molecule has 1 saturated heterocycles. The number of methoxy groups -OCH3 is 1. The quantitative estimate of drug-likeness (QED) is 0.156. The SMILES string of the molecule is C=CCN1CC[C@]23c4c5c(O)cc(OC)c4O[C@H]2[C@H](N(CCCCC)C(=O)CCCCCCCc2ccccc2)CC[C@H]3[C@H]1C5. The van der Waals surface area contributed by atoms with Crippen LogP contribution >= 0.6 is 0 Å². The van der Waals surface area contributed by atoms with Crippen molar-refractivity contribution < 1.29 is 19.4 Å². The Morgan fingerprint density at radius 2 is 1.93 bits per heavy atom. The lowest BCUT2D eigenvalue weighted by Crippen LogP contribution is -2.69. The van der Waals surface area contributed by atoms with Gasteiger partial charge in [0, 0.05) is 48.2 Å². The van der Waals surface area contributed by atoms with E-state index < -0.39 is 0 Å². The van der Waals surface area contributed by atoms with Crippen molar-refractivity contribution in [2.45, 2.75) is 120 Å². The van der Waals surface area contributed by atoms with Gasteiger partial charge in [0.1, 0.15) is 11.9 Å². The Bertz CT molecular complexity index is 1330. The lowest BCUT2D eigenvalue weighted by atomic mass is 9.50. The fourth-order valence-electron chi connectivity index (χ4n) is 9.45. The van der Waals surface area contributed by atoms with Gasteiger partial charge >= 0.3 is 0 Å². The molecule has 1 saturated carbocycles. The zero-order valence-corrected chi connectivity index (χ0v) is 27.6. The molecule has 2 aromatic carbocycles. The number of unbranched alkanes of at least 4 members (excludes halogenated alkanes) is 6. The molecule has 4 aliphatic rings. The molecule has 6 rings (SSSR count). The number of hydrogen-bond acceptors (Lipinski definition) is 5. The molecule has 0 radical (unpaired) electrons. The van der Waals surface area contributed by atoms with Crippen LogP contribution in [0.3, 0.4) is 0 Å². The first-order valence-corrected chi connectivity index (χ1v) is 17.8.